The average Bonchev–Trinajstić information content (AvgIpc) is 2.46. The van der Waals surface area contributed by atoms with Crippen LogP contribution in [0.5, 0.6) is 11.5 Å². The molecular formula is C16H18N2O2. The van der Waals surface area contributed by atoms with E-state index in [0.29, 0.717) is 37.4 Å². The van der Waals surface area contributed by atoms with Crippen LogP contribution in [0.4, 0.5) is 0 Å². The van der Waals surface area contributed by atoms with E-state index in [1.54, 1.807) is 24.3 Å². The highest BCUT2D eigenvalue weighted by Gasteiger charge is 1.99. The van der Waals surface area contributed by atoms with Crippen molar-refractivity contribution >= 4 is 0 Å². The van der Waals surface area contributed by atoms with Crippen molar-refractivity contribution in [2.24, 2.45) is 10.2 Å². The maximum Gasteiger partial charge on any atom is 0.118 e. The van der Waals surface area contributed by atoms with Gasteiger partial charge in [-0.15, -0.1) is 0 Å². The van der Waals surface area contributed by atoms with Gasteiger partial charge in [0.05, 0.1) is 13.1 Å². The van der Waals surface area contributed by atoms with Gasteiger partial charge in [-0.05, 0) is 36.1 Å². The Kier molecular flexibility index (Phi) is 5.12. The summed E-state index contributed by atoms with van der Waals surface area (Å²) >= 11 is 0. The highest BCUT2D eigenvalue weighted by molar-refractivity contribution is 5.32. The summed E-state index contributed by atoms with van der Waals surface area (Å²) in [4.78, 5) is 0. The molecule has 4 heteroatoms. The first-order valence-electron chi connectivity index (χ1n) is 6.64. The Morgan fingerprint density at radius 3 is 1.45 bits per heavy atom. The molecule has 20 heavy (non-hydrogen) atoms. The molecule has 0 fully saturated rings. The third-order valence-corrected chi connectivity index (χ3v) is 3.05. The summed E-state index contributed by atoms with van der Waals surface area (Å²) in [6, 6.07) is 14.5. The van der Waals surface area contributed by atoms with Crippen LogP contribution in [0.25, 0.3) is 0 Å². The molecule has 0 unspecified atom stereocenters. The van der Waals surface area contributed by atoms with Crippen LogP contribution < -0.4 is 0 Å². The van der Waals surface area contributed by atoms with Crippen molar-refractivity contribution in [3.63, 3.8) is 0 Å². The summed E-state index contributed by atoms with van der Waals surface area (Å²) in [6.45, 7) is 1.11. The fourth-order valence-electron chi connectivity index (χ4n) is 1.93. The van der Waals surface area contributed by atoms with Gasteiger partial charge < -0.3 is 10.2 Å². The van der Waals surface area contributed by atoms with E-state index < -0.39 is 0 Å². The number of phenolic OH excluding ortho intramolecular Hbond substituents is 2. The van der Waals surface area contributed by atoms with Crippen molar-refractivity contribution in [1.82, 2.24) is 0 Å². The zero-order valence-electron chi connectivity index (χ0n) is 11.2. The van der Waals surface area contributed by atoms with Gasteiger partial charge in [0.15, 0.2) is 0 Å². The summed E-state index contributed by atoms with van der Waals surface area (Å²) in [7, 11) is 0. The van der Waals surface area contributed by atoms with Gasteiger partial charge in [0, 0.05) is 0 Å². The second kappa shape index (κ2) is 7.28. The number of nitrogens with zero attached hydrogens (tertiary/aromatic N) is 2. The first-order valence-corrected chi connectivity index (χ1v) is 6.64. The Morgan fingerprint density at radius 2 is 1.05 bits per heavy atom. The minimum Gasteiger partial charge on any atom is -0.508 e. The van der Waals surface area contributed by atoms with Crippen LogP contribution in [-0.2, 0) is 12.8 Å². The van der Waals surface area contributed by atoms with Crippen LogP contribution in [0.3, 0.4) is 0 Å². The smallest absolute Gasteiger partial charge is 0.118 e. The number of hydrogen-bond donors (Lipinski definition) is 2. The summed E-state index contributed by atoms with van der Waals surface area (Å²) in [5, 5.41) is 27.4. The van der Waals surface area contributed by atoms with E-state index in [1.165, 1.54) is 0 Å². The molecule has 0 aromatic heterocycles. The fraction of sp³-hybridized carbons (Fsp3) is 0.250. The molecule has 2 rings (SSSR count). The third kappa shape index (κ3) is 4.09. The molecule has 0 atom stereocenters. The molecule has 0 aliphatic rings. The van der Waals surface area contributed by atoms with Crippen LogP contribution in [0, 0.1) is 0 Å². The second-order valence-corrected chi connectivity index (χ2v) is 4.49. The van der Waals surface area contributed by atoms with E-state index in [4.69, 9.17) is 0 Å². The Hall–Kier alpha value is -2.36. The molecule has 4 nitrogen and oxygen atoms in total. The van der Waals surface area contributed by atoms with Gasteiger partial charge in [-0.1, -0.05) is 36.4 Å². The lowest BCUT2D eigenvalue weighted by Gasteiger charge is -2.01. The Morgan fingerprint density at radius 1 is 0.650 bits per heavy atom. The lowest BCUT2D eigenvalue weighted by molar-refractivity contribution is 0.467. The largest absolute Gasteiger partial charge is 0.508 e. The number of benzene rings is 2. The summed E-state index contributed by atoms with van der Waals surface area (Å²) < 4.78 is 0. The Labute approximate surface area is 118 Å². The predicted octanol–water partition coefficient (Wildman–Crippen LogP) is 3.34. The number of aromatic hydroxyl groups is 2. The lowest BCUT2D eigenvalue weighted by Crippen LogP contribution is -1.92. The molecule has 0 radical (unpaired) electrons. The number of rotatable bonds is 6. The van der Waals surface area contributed by atoms with Crippen molar-refractivity contribution in [3.05, 3.63) is 59.7 Å². The Balaban J connectivity index is 1.73. The molecule has 0 aliphatic heterocycles. The van der Waals surface area contributed by atoms with Gasteiger partial charge in [0.2, 0.25) is 0 Å². The first kappa shape index (κ1) is 14.1. The Bertz CT molecular complexity index is 531. The maximum atomic E-state index is 9.59. The van der Waals surface area contributed by atoms with Crippen molar-refractivity contribution in [3.8, 4) is 11.5 Å². The fourth-order valence-corrected chi connectivity index (χ4v) is 1.93. The van der Waals surface area contributed by atoms with Crippen LogP contribution in [0.1, 0.15) is 11.1 Å². The van der Waals surface area contributed by atoms with E-state index in [9.17, 15) is 10.2 Å². The molecule has 0 heterocycles. The van der Waals surface area contributed by atoms with Crippen LogP contribution in [-0.4, -0.2) is 23.3 Å². The summed E-state index contributed by atoms with van der Waals surface area (Å²) in [5.74, 6) is 0.605. The van der Waals surface area contributed by atoms with E-state index in [0.717, 1.165) is 11.1 Å². The zero-order chi connectivity index (χ0) is 14.2. The minimum atomic E-state index is 0.303. The molecule has 0 spiro atoms. The first-order chi connectivity index (χ1) is 9.77. The van der Waals surface area contributed by atoms with Gasteiger partial charge in [-0.25, -0.2) is 0 Å². The SMILES string of the molecule is Oc1ccccc1CCN=NCCc1ccccc1O. The standard InChI is InChI=1S/C16H18N2O2/c19-15-7-3-1-5-13(15)9-11-17-18-12-10-14-6-2-4-8-16(14)20/h1-8,19-20H,9-12H2. The molecule has 2 N–H and O–H groups in total. The average molecular weight is 270 g/mol. The van der Waals surface area contributed by atoms with Gasteiger partial charge in [-0.3, -0.25) is 0 Å². The lowest BCUT2D eigenvalue weighted by atomic mass is 10.1. The quantitative estimate of drug-likeness (QED) is 0.791. The molecule has 0 saturated heterocycles. The highest BCUT2D eigenvalue weighted by atomic mass is 16.3. The highest BCUT2D eigenvalue weighted by Crippen LogP contribution is 2.17. The van der Waals surface area contributed by atoms with E-state index in [1.807, 2.05) is 24.3 Å². The van der Waals surface area contributed by atoms with E-state index >= 15 is 0 Å². The number of para-hydroxylation sites is 2. The van der Waals surface area contributed by atoms with Crippen LogP contribution >= 0.6 is 0 Å². The second-order valence-electron chi connectivity index (χ2n) is 4.49. The van der Waals surface area contributed by atoms with E-state index in [-0.39, 0.29) is 0 Å². The van der Waals surface area contributed by atoms with Gasteiger partial charge >= 0.3 is 0 Å². The summed E-state index contributed by atoms with van der Waals surface area (Å²) in [5.41, 5.74) is 1.76. The van der Waals surface area contributed by atoms with Gasteiger partial charge in [0.1, 0.15) is 11.5 Å². The number of phenols is 2. The van der Waals surface area contributed by atoms with Crippen LogP contribution in [0.2, 0.25) is 0 Å². The molecular weight excluding hydrogens is 252 g/mol. The summed E-state index contributed by atoms with van der Waals surface area (Å²) in [6.07, 6.45) is 1.35. The normalized spacial score (nSPS) is 11.0. The number of azo groups is 1. The van der Waals surface area contributed by atoms with Crippen LogP contribution in [0.15, 0.2) is 58.8 Å². The maximum absolute atomic E-state index is 9.59. The van der Waals surface area contributed by atoms with Crippen molar-refractivity contribution in [2.75, 3.05) is 13.1 Å². The molecule has 0 saturated carbocycles. The molecule has 0 amide bonds. The van der Waals surface area contributed by atoms with Crippen molar-refractivity contribution in [1.29, 1.82) is 0 Å². The minimum absolute atomic E-state index is 0.303. The molecule has 2 aromatic carbocycles. The third-order valence-electron chi connectivity index (χ3n) is 3.05. The van der Waals surface area contributed by atoms with Gasteiger partial charge in [-0.2, -0.15) is 10.2 Å². The van der Waals surface area contributed by atoms with Gasteiger partial charge in [0.25, 0.3) is 0 Å². The number of hydrogen-bond acceptors (Lipinski definition) is 4. The van der Waals surface area contributed by atoms with Crippen molar-refractivity contribution < 1.29 is 10.2 Å². The zero-order valence-corrected chi connectivity index (χ0v) is 11.2. The monoisotopic (exact) mass is 270 g/mol. The topological polar surface area (TPSA) is 65.2 Å². The van der Waals surface area contributed by atoms with Crippen molar-refractivity contribution in [2.45, 2.75) is 12.8 Å². The molecule has 104 valence electrons. The molecule has 2 aromatic rings. The predicted molar refractivity (Wildman–Crippen MR) is 78.2 cm³/mol. The molecule has 0 aliphatic carbocycles. The van der Waals surface area contributed by atoms with E-state index in [2.05, 4.69) is 10.2 Å². The molecule has 0 bridgehead atoms.